The number of nitrogens with zero attached hydrogens (tertiary/aromatic N) is 3. The molecule has 0 unspecified atom stereocenters. The van der Waals surface area contributed by atoms with E-state index in [1.165, 1.54) is 6.42 Å². The first-order chi connectivity index (χ1) is 10.1. The second-order valence-electron chi connectivity index (χ2n) is 5.13. The van der Waals surface area contributed by atoms with Crippen LogP contribution in [-0.2, 0) is 0 Å². The molecule has 0 saturated carbocycles. The van der Waals surface area contributed by atoms with Crippen molar-refractivity contribution in [1.82, 2.24) is 9.97 Å². The lowest BCUT2D eigenvalue weighted by Crippen LogP contribution is -2.19. The summed E-state index contributed by atoms with van der Waals surface area (Å²) >= 11 is 6.14. The van der Waals surface area contributed by atoms with E-state index in [1.807, 2.05) is 38.2 Å². The van der Waals surface area contributed by atoms with Gasteiger partial charge in [0.1, 0.15) is 18.0 Å². The molecule has 0 saturated heterocycles. The molecule has 0 radical (unpaired) electrons. The first-order valence-electron chi connectivity index (χ1n) is 7.16. The fourth-order valence-electron chi connectivity index (χ4n) is 1.95. The summed E-state index contributed by atoms with van der Waals surface area (Å²) in [6, 6.07) is 7.83. The maximum Gasteiger partial charge on any atom is 0.135 e. The summed E-state index contributed by atoms with van der Waals surface area (Å²) in [7, 11) is 2.05. The highest BCUT2D eigenvalue weighted by molar-refractivity contribution is 6.31. The van der Waals surface area contributed by atoms with Crippen molar-refractivity contribution in [2.24, 2.45) is 0 Å². The molecule has 0 aliphatic rings. The molecule has 5 heteroatoms. The van der Waals surface area contributed by atoms with E-state index in [9.17, 15) is 0 Å². The van der Waals surface area contributed by atoms with Gasteiger partial charge in [-0.25, -0.2) is 9.97 Å². The third-order valence-corrected chi connectivity index (χ3v) is 3.74. The molecule has 1 heterocycles. The van der Waals surface area contributed by atoms with Crippen LogP contribution in [-0.4, -0.2) is 23.6 Å². The normalized spacial score (nSPS) is 10.5. The Morgan fingerprint density at radius 2 is 2.05 bits per heavy atom. The Morgan fingerprint density at radius 1 is 1.24 bits per heavy atom. The fraction of sp³-hybridized carbons (Fsp3) is 0.375. The van der Waals surface area contributed by atoms with Crippen LogP contribution in [0, 0.1) is 6.92 Å². The molecule has 0 spiro atoms. The van der Waals surface area contributed by atoms with Crippen molar-refractivity contribution in [1.29, 1.82) is 0 Å². The van der Waals surface area contributed by atoms with Gasteiger partial charge in [0.25, 0.3) is 0 Å². The molecule has 0 aliphatic carbocycles. The first kappa shape index (κ1) is 15.6. The van der Waals surface area contributed by atoms with Gasteiger partial charge in [0, 0.05) is 30.4 Å². The number of hydrogen-bond acceptors (Lipinski definition) is 4. The number of rotatable bonds is 6. The van der Waals surface area contributed by atoms with Crippen molar-refractivity contribution in [2.45, 2.75) is 26.7 Å². The number of hydrogen-bond donors (Lipinski definition) is 1. The van der Waals surface area contributed by atoms with Crippen LogP contribution in [0.25, 0.3) is 0 Å². The highest BCUT2D eigenvalue weighted by Gasteiger charge is 2.05. The summed E-state index contributed by atoms with van der Waals surface area (Å²) in [6.45, 7) is 5.16. The standard InChI is InChI=1S/C16H21ClN4/c1-4-5-8-21(3)16-10-15(18-11-19-16)20-13-7-6-12(2)14(17)9-13/h6-7,9-11H,4-5,8H2,1-3H3,(H,18,19,20). The molecule has 2 rings (SSSR count). The van der Waals surface area contributed by atoms with Crippen LogP contribution < -0.4 is 10.2 Å². The number of unbranched alkanes of at least 4 members (excludes halogenated alkanes) is 1. The van der Waals surface area contributed by atoms with Gasteiger partial charge in [-0.2, -0.15) is 0 Å². The van der Waals surface area contributed by atoms with Crippen molar-refractivity contribution in [3.05, 3.63) is 41.2 Å². The van der Waals surface area contributed by atoms with E-state index in [1.54, 1.807) is 6.33 Å². The van der Waals surface area contributed by atoms with Crippen LogP contribution in [0.2, 0.25) is 5.02 Å². The fourth-order valence-corrected chi connectivity index (χ4v) is 2.13. The van der Waals surface area contributed by atoms with E-state index in [2.05, 4.69) is 27.1 Å². The first-order valence-corrected chi connectivity index (χ1v) is 7.54. The van der Waals surface area contributed by atoms with E-state index < -0.39 is 0 Å². The van der Waals surface area contributed by atoms with Gasteiger partial charge in [-0.15, -0.1) is 0 Å². The predicted octanol–water partition coefficient (Wildman–Crippen LogP) is 4.42. The van der Waals surface area contributed by atoms with Gasteiger partial charge in [0.15, 0.2) is 0 Å². The second kappa shape index (κ2) is 7.27. The summed E-state index contributed by atoms with van der Waals surface area (Å²) in [6.07, 6.45) is 3.90. The average Bonchev–Trinajstić information content (AvgIpc) is 2.49. The summed E-state index contributed by atoms with van der Waals surface area (Å²) in [5, 5.41) is 4.01. The van der Waals surface area contributed by atoms with Crippen molar-refractivity contribution >= 4 is 28.9 Å². The van der Waals surface area contributed by atoms with Gasteiger partial charge < -0.3 is 10.2 Å². The van der Waals surface area contributed by atoms with Crippen LogP contribution >= 0.6 is 11.6 Å². The maximum absolute atomic E-state index is 6.14. The van der Waals surface area contributed by atoms with E-state index in [-0.39, 0.29) is 0 Å². The monoisotopic (exact) mass is 304 g/mol. The largest absolute Gasteiger partial charge is 0.360 e. The zero-order chi connectivity index (χ0) is 15.2. The number of aryl methyl sites for hydroxylation is 1. The molecule has 21 heavy (non-hydrogen) atoms. The molecule has 0 aliphatic heterocycles. The van der Waals surface area contributed by atoms with E-state index in [4.69, 9.17) is 11.6 Å². The number of benzene rings is 1. The molecule has 0 fully saturated rings. The molecule has 1 N–H and O–H groups in total. The highest BCUT2D eigenvalue weighted by atomic mass is 35.5. The lowest BCUT2D eigenvalue weighted by Gasteiger charge is -2.18. The third-order valence-electron chi connectivity index (χ3n) is 3.34. The van der Waals surface area contributed by atoms with Crippen molar-refractivity contribution in [2.75, 3.05) is 23.8 Å². The number of aromatic nitrogens is 2. The van der Waals surface area contributed by atoms with Crippen molar-refractivity contribution in [3.8, 4) is 0 Å². The van der Waals surface area contributed by atoms with Crippen LogP contribution in [0.3, 0.4) is 0 Å². The molecule has 0 amide bonds. The Kier molecular flexibility index (Phi) is 5.39. The Labute approximate surface area is 131 Å². The van der Waals surface area contributed by atoms with E-state index in [0.717, 1.165) is 40.9 Å². The average molecular weight is 305 g/mol. The lowest BCUT2D eigenvalue weighted by atomic mass is 10.2. The van der Waals surface area contributed by atoms with Crippen LogP contribution in [0.1, 0.15) is 25.3 Å². The number of halogens is 1. The summed E-state index contributed by atoms with van der Waals surface area (Å²) < 4.78 is 0. The van der Waals surface area contributed by atoms with Crippen LogP contribution in [0.15, 0.2) is 30.6 Å². The van der Waals surface area contributed by atoms with Gasteiger partial charge in [-0.05, 0) is 31.0 Å². The Balaban J connectivity index is 2.11. The van der Waals surface area contributed by atoms with Gasteiger partial charge in [-0.3, -0.25) is 0 Å². The molecular formula is C16H21ClN4. The Bertz CT molecular complexity index is 601. The molecule has 4 nitrogen and oxygen atoms in total. The zero-order valence-electron chi connectivity index (χ0n) is 12.7. The molecule has 1 aromatic carbocycles. The molecular weight excluding hydrogens is 284 g/mol. The maximum atomic E-state index is 6.14. The zero-order valence-corrected chi connectivity index (χ0v) is 13.5. The predicted molar refractivity (Wildman–Crippen MR) is 89.7 cm³/mol. The minimum Gasteiger partial charge on any atom is -0.360 e. The molecule has 2 aromatic rings. The highest BCUT2D eigenvalue weighted by Crippen LogP contribution is 2.23. The van der Waals surface area contributed by atoms with Gasteiger partial charge in [0.2, 0.25) is 0 Å². The Morgan fingerprint density at radius 3 is 2.76 bits per heavy atom. The smallest absolute Gasteiger partial charge is 0.135 e. The molecule has 1 aromatic heterocycles. The lowest BCUT2D eigenvalue weighted by molar-refractivity contribution is 0.758. The second-order valence-corrected chi connectivity index (χ2v) is 5.53. The molecule has 0 atom stereocenters. The van der Waals surface area contributed by atoms with E-state index in [0.29, 0.717) is 0 Å². The summed E-state index contributed by atoms with van der Waals surface area (Å²) in [5.41, 5.74) is 1.98. The SMILES string of the molecule is CCCCN(C)c1cc(Nc2ccc(C)c(Cl)c2)ncn1. The van der Waals surface area contributed by atoms with Crippen molar-refractivity contribution < 1.29 is 0 Å². The van der Waals surface area contributed by atoms with Gasteiger partial charge in [0.05, 0.1) is 0 Å². The third kappa shape index (κ3) is 4.33. The van der Waals surface area contributed by atoms with Gasteiger partial charge >= 0.3 is 0 Å². The Hall–Kier alpha value is -1.81. The van der Waals surface area contributed by atoms with E-state index >= 15 is 0 Å². The summed E-state index contributed by atoms with van der Waals surface area (Å²) in [5.74, 6) is 1.68. The molecule has 0 bridgehead atoms. The topological polar surface area (TPSA) is 41.0 Å². The van der Waals surface area contributed by atoms with Crippen LogP contribution in [0.4, 0.5) is 17.3 Å². The van der Waals surface area contributed by atoms with Crippen LogP contribution in [0.5, 0.6) is 0 Å². The minimum absolute atomic E-state index is 0.745. The number of anilines is 3. The molecule has 112 valence electrons. The summed E-state index contributed by atoms with van der Waals surface area (Å²) in [4.78, 5) is 10.7. The quantitative estimate of drug-likeness (QED) is 0.858. The minimum atomic E-state index is 0.745. The number of nitrogens with one attached hydrogen (secondary N) is 1. The van der Waals surface area contributed by atoms with Crippen molar-refractivity contribution in [3.63, 3.8) is 0 Å². The van der Waals surface area contributed by atoms with Gasteiger partial charge in [-0.1, -0.05) is 31.0 Å².